The molecule has 0 atom stereocenters. The van der Waals surface area contributed by atoms with Crippen LogP contribution >= 0.6 is 11.6 Å². The molecule has 0 saturated carbocycles. The molecule has 0 rings (SSSR count). The van der Waals surface area contributed by atoms with Gasteiger partial charge in [-0.15, -0.1) is 0 Å². The third-order valence-electron chi connectivity index (χ3n) is 2.18. The van der Waals surface area contributed by atoms with Crippen LogP contribution in [0.5, 0.6) is 0 Å². The van der Waals surface area contributed by atoms with Gasteiger partial charge in [-0.25, -0.2) is 0 Å². The second kappa shape index (κ2) is 9.14. The Balaban J connectivity index is 3.15. The zero-order chi connectivity index (χ0) is 11.6. The number of unbranched alkanes of at least 4 members (excludes halogenated alkanes) is 7. The van der Waals surface area contributed by atoms with E-state index in [1.807, 2.05) is 0 Å². The van der Waals surface area contributed by atoms with Crippen molar-refractivity contribution in [1.29, 1.82) is 0 Å². The zero-order valence-corrected chi connectivity index (χ0v) is 9.91. The van der Waals surface area contributed by atoms with Crippen LogP contribution in [0.1, 0.15) is 51.4 Å². The van der Waals surface area contributed by atoms with Gasteiger partial charge in [-0.3, -0.25) is 0 Å². The molecule has 0 fully saturated rings. The van der Waals surface area contributed by atoms with Crippen LogP contribution in [0.25, 0.3) is 0 Å². The van der Waals surface area contributed by atoms with Gasteiger partial charge in [-0.05, 0) is 30.5 Å². The summed E-state index contributed by atoms with van der Waals surface area (Å²) in [6, 6.07) is 0. The van der Waals surface area contributed by atoms with Gasteiger partial charge < -0.3 is 0 Å². The van der Waals surface area contributed by atoms with Crippen LogP contribution in [0.4, 0.5) is 8.78 Å². The predicted molar refractivity (Wildman–Crippen MR) is 62.2 cm³/mol. The van der Waals surface area contributed by atoms with Gasteiger partial charge in [0.05, 0.1) is 0 Å². The summed E-state index contributed by atoms with van der Waals surface area (Å²) in [5.41, 5.74) is 0. The number of hydrogen-bond acceptors (Lipinski definition) is 0. The van der Waals surface area contributed by atoms with E-state index in [4.69, 9.17) is 11.6 Å². The summed E-state index contributed by atoms with van der Waals surface area (Å²) >= 11 is 4.70. The van der Waals surface area contributed by atoms with Crippen LogP contribution in [-0.4, -0.2) is 5.38 Å². The first-order valence-corrected chi connectivity index (χ1v) is 5.98. The van der Waals surface area contributed by atoms with Crippen LogP contribution in [0.2, 0.25) is 0 Å². The Kier molecular flexibility index (Phi) is 9.07. The minimum absolute atomic E-state index is 0.692. The first-order chi connectivity index (χ1) is 7.06. The third-order valence-corrected chi connectivity index (χ3v) is 2.30. The van der Waals surface area contributed by atoms with E-state index >= 15 is 0 Å². The standard InChI is InChI=1S/C12H20ClF2/c1-2-3-4-5-6-7-8-9-10-11-12(13,14)15/h10-11H,1-9H2. The Morgan fingerprint density at radius 2 is 1.53 bits per heavy atom. The molecule has 89 valence electrons. The molecule has 0 spiro atoms. The fraction of sp³-hybridized carbons (Fsp3) is 0.750. The molecule has 3 heteroatoms. The minimum atomic E-state index is -3.17. The van der Waals surface area contributed by atoms with Crippen LogP contribution in [0.3, 0.4) is 0 Å². The predicted octanol–water partition coefficient (Wildman–Crippen LogP) is 5.33. The molecule has 0 aromatic carbocycles. The van der Waals surface area contributed by atoms with E-state index in [0.29, 0.717) is 6.42 Å². The fourth-order valence-electron chi connectivity index (χ4n) is 1.36. The largest absolute Gasteiger partial charge is 0.341 e. The summed E-state index contributed by atoms with van der Waals surface area (Å²) in [5, 5.41) is -3.17. The molecule has 0 aliphatic rings. The van der Waals surface area contributed by atoms with Crippen molar-refractivity contribution in [3.63, 3.8) is 0 Å². The normalized spacial score (nSPS) is 12.5. The van der Waals surface area contributed by atoms with Crippen molar-refractivity contribution >= 4 is 11.6 Å². The average Bonchev–Trinajstić information content (AvgIpc) is 2.14. The average molecular weight is 238 g/mol. The van der Waals surface area contributed by atoms with Crippen molar-refractivity contribution in [3.05, 3.63) is 19.1 Å². The van der Waals surface area contributed by atoms with Gasteiger partial charge in [-0.1, -0.05) is 51.5 Å². The van der Waals surface area contributed by atoms with Gasteiger partial charge in [0.2, 0.25) is 0 Å². The van der Waals surface area contributed by atoms with E-state index in [-0.39, 0.29) is 0 Å². The highest BCUT2D eigenvalue weighted by Gasteiger charge is 2.18. The molecule has 0 aliphatic carbocycles. The van der Waals surface area contributed by atoms with E-state index in [9.17, 15) is 8.78 Å². The first kappa shape index (κ1) is 14.9. The lowest BCUT2D eigenvalue weighted by molar-refractivity contribution is 0.152. The van der Waals surface area contributed by atoms with Crippen LogP contribution in [0.15, 0.2) is 12.2 Å². The molecule has 15 heavy (non-hydrogen) atoms. The molecule has 0 aromatic rings. The molecule has 0 unspecified atom stereocenters. The van der Waals surface area contributed by atoms with E-state index in [2.05, 4.69) is 6.92 Å². The Morgan fingerprint density at radius 1 is 1.00 bits per heavy atom. The minimum Gasteiger partial charge on any atom is -0.184 e. The molecule has 0 N–H and O–H groups in total. The maximum Gasteiger partial charge on any atom is 0.341 e. The Morgan fingerprint density at radius 3 is 2.07 bits per heavy atom. The highest BCUT2D eigenvalue weighted by molar-refractivity contribution is 6.22. The molecule has 1 radical (unpaired) electrons. The van der Waals surface area contributed by atoms with Crippen LogP contribution in [-0.2, 0) is 0 Å². The van der Waals surface area contributed by atoms with E-state index in [1.165, 1.54) is 31.8 Å². The molecule has 0 heterocycles. The lowest BCUT2D eigenvalue weighted by Gasteiger charge is -2.00. The molecular weight excluding hydrogens is 218 g/mol. The van der Waals surface area contributed by atoms with Gasteiger partial charge >= 0.3 is 5.38 Å². The number of hydrogen-bond donors (Lipinski definition) is 0. The smallest absolute Gasteiger partial charge is 0.184 e. The van der Waals surface area contributed by atoms with Crippen molar-refractivity contribution in [3.8, 4) is 0 Å². The summed E-state index contributed by atoms with van der Waals surface area (Å²) in [7, 11) is 0. The molecule has 0 nitrogen and oxygen atoms in total. The van der Waals surface area contributed by atoms with E-state index < -0.39 is 5.38 Å². The molecular formula is C12H20ClF2. The molecule has 0 aromatic heterocycles. The molecule has 0 amide bonds. The fourth-order valence-corrected chi connectivity index (χ4v) is 1.45. The number of alkyl halides is 3. The second-order valence-electron chi connectivity index (χ2n) is 3.71. The van der Waals surface area contributed by atoms with Gasteiger partial charge in [0, 0.05) is 0 Å². The van der Waals surface area contributed by atoms with Crippen molar-refractivity contribution in [2.24, 2.45) is 0 Å². The van der Waals surface area contributed by atoms with Gasteiger partial charge in [0.25, 0.3) is 0 Å². The lowest BCUT2D eigenvalue weighted by atomic mass is 10.1. The Bertz CT molecular complexity index is 161. The van der Waals surface area contributed by atoms with Gasteiger partial charge in [0.15, 0.2) is 0 Å². The Hall–Kier alpha value is -0.110. The van der Waals surface area contributed by atoms with Crippen molar-refractivity contribution in [2.75, 3.05) is 0 Å². The lowest BCUT2D eigenvalue weighted by Crippen LogP contribution is -1.98. The highest BCUT2D eigenvalue weighted by atomic mass is 35.5. The Labute approximate surface area is 96.7 Å². The number of halogens is 3. The van der Waals surface area contributed by atoms with Crippen molar-refractivity contribution < 1.29 is 8.78 Å². The number of rotatable bonds is 9. The monoisotopic (exact) mass is 237 g/mol. The maximum absolute atomic E-state index is 12.1. The first-order valence-electron chi connectivity index (χ1n) is 5.60. The summed E-state index contributed by atoms with van der Waals surface area (Å²) in [6.07, 6.45) is 10.8. The van der Waals surface area contributed by atoms with E-state index in [1.54, 1.807) is 0 Å². The summed E-state index contributed by atoms with van der Waals surface area (Å²) in [6.45, 7) is 3.77. The number of allylic oxidation sites excluding steroid dienone is 2. The summed E-state index contributed by atoms with van der Waals surface area (Å²) in [4.78, 5) is 0. The summed E-state index contributed by atoms with van der Waals surface area (Å²) < 4.78 is 24.2. The van der Waals surface area contributed by atoms with Gasteiger partial charge in [-0.2, -0.15) is 8.78 Å². The van der Waals surface area contributed by atoms with E-state index in [0.717, 1.165) is 25.3 Å². The van der Waals surface area contributed by atoms with Crippen molar-refractivity contribution in [2.45, 2.75) is 56.7 Å². The maximum atomic E-state index is 12.1. The third kappa shape index (κ3) is 13.9. The summed E-state index contributed by atoms with van der Waals surface area (Å²) in [5.74, 6) is 0. The molecule has 0 saturated heterocycles. The SMILES string of the molecule is [CH2]CCCCCCCCC=CC(F)(F)Cl. The quantitative estimate of drug-likeness (QED) is 0.289. The second-order valence-corrected chi connectivity index (χ2v) is 4.21. The van der Waals surface area contributed by atoms with Crippen LogP contribution in [0, 0.1) is 6.92 Å². The molecule has 0 aliphatic heterocycles. The van der Waals surface area contributed by atoms with Crippen LogP contribution < -0.4 is 0 Å². The topological polar surface area (TPSA) is 0 Å². The van der Waals surface area contributed by atoms with Gasteiger partial charge in [0.1, 0.15) is 0 Å². The van der Waals surface area contributed by atoms with Crippen molar-refractivity contribution in [1.82, 2.24) is 0 Å². The zero-order valence-electron chi connectivity index (χ0n) is 9.15. The molecule has 0 bridgehead atoms. The highest BCUT2D eigenvalue weighted by Crippen LogP contribution is 2.20.